The van der Waals surface area contributed by atoms with Gasteiger partial charge in [0.1, 0.15) is 42.0 Å². The summed E-state index contributed by atoms with van der Waals surface area (Å²) in [7, 11) is 3.20. The number of esters is 1. The van der Waals surface area contributed by atoms with E-state index in [4.69, 9.17) is 47.4 Å². The fourth-order valence-electron chi connectivity index (χ4n) is 11.0. The standard InChI is InChI=1S/C48H74O15/c1-11-24(2)43-28(6)35(49)22-47(63-43)21-33-18-32(62-47)16-15-26(4)42(25(3)13-12-14-31-23-56-45-40(50)27(5)17-34(46(52)59-33)48(31,45)53)60-39-20-37(55-10)44(30(8)58-39)61-38-19-36(54-9)41(51)29(7)57-38/h12-15,17,24-25,28-30,32-45,49-51,53H,11,16,18-23H2,1-10H3/b13-12+,26-15-,31-14-/t24-,25-,28-,29-,30-,32+,33-,34+,35-,36-,37-,38-,39-,40+,41-,42-,43+,44-,45+,47-,48+/m0/s1. The molecule has 0 saturated carbocycles. The monoisotopic (exact) mass is 891 g/mol. The Kier molecular flexibility index (Phi) is 15.5. The Bertz CT molecular complexity index is 1710. The van der Waals surface area contributed by atoms with E-state index in [-0.39, 0.29) is 43.3 Å². The van der Waals surface area contributed by atoms with Gasteiger partial charge in [0, 0.05) is 58.2 Å². The molecule has 1 aliphatic carbocycles. The molecule has 0 aromatic rings. The molecular formula is C48H74O15. The minimum absolute atomic E-state index is 0.0109. The van der Waals surface area contributed by atoms with Crippen LogP contribution in [0.2, 0.25) is 0 Å². The Labute approximate surface area is 373 Å². The maximum absolute atomic E-state index is 14.4. The van der Waals surface area contributed by atoms with Crippen molar-refractivity contribution in [1.82, 2.24) is 0 Å². The number of methoxy groups -OCH3 is 2. The first-order valence-corrected chi connectivity index (χ1v) is 23.3. The summed E-state index contributed by atoms with van der Waals surface area (Å²) in [5, 5.41) is 45.7. The lowest BCUT2D eigenvalue weighted by atomic mass is 9.71. The molecule has 5 saturated heterocycles. The van der Waals surface area contributed by atoms with Gasteiger partial charge in [-0.05, 0) is 56.8 Å². The molecule has 356 valence electrons. The predicted octanol–water partition coefficient (Wildman–Crippen LogP) is 4.57. The molecule has 0 radical (unpaired) electrons. The zero-order valence-corrected chi connectivity index (χ0v) is 38.8. The van der Waals surface area contributed by atoms with E-state index in [2.05, 4.69) is 19.9 Å². The number of aliphatic hydroxyl groups excluding tert-OH is 3. The summed E-state index contributed by atoms with van der Waals surface area (Å²) >= 11 is 0. The van der Waals surface area contributed by atoms with E-state index in [0.29, 0.717) is 36.8 Å². The van der Waals surface area contributed by atoms with E-state index in [9.17, 15) is 25.2 Å². The van der Waals surface area contributed by atoms with Crippen molar-refractivity contribution in [3.63, 3.8) is 0 Å². The van der Waals surface area contributed by atoms with E-state index in [1.54, 1.807) is 40.2 Å². The normalized spacial score (nSPS) is 50.0. The molecule has 7 rings (SSSR count). The molecule has 1 spiro atoms. The third-order valence-corrected chi connectivity index (χ3v) is 15.0. The van der Waals surface area contributed by atoms with Gasteiger partial charge < -0.3 is 67.8 Å². The van der Waals surface area contributed by atoms with Gasteiger partial charge in [0.2, 0.25) is 0 Å². The Balaban J connectivity index is 1.19. The number of ether oxygens (including phenoxy) is 10. The lowest BCUT2D eigenvalue weighted by Gasteiger charge is -2.52. The zero-order chi connectivity index (χ0) is 45.5. The Morgan fingerprint density at radius 3 is 2.30 bits per heavy atom. The average molecular weight is 891 g/mol. The lowest BCUT2D eigenvalue weighted by molar-refractivity contribution is -0.354. The number of carbonyl (C=O) groups is 1. The van der Waals surface area contributed by atoms with Gasteiger partial charge in [-0.15, -0.1) is 0 Å². The van der Waals surface area contributed by atoms with E-state index in [1.807, 2.05) is 39.8 Å². The van der Waals surface area contributed by atoms with Crippen LogP contribution >= 0.6 is 0 Å². The van der Waals surface area contributed by atoms with Gasteiger partial charge in [-0.25, -0.2) is 0 Å². The second-order valence-electron chi connectivity index (χ2n) is 19.5. The molecule has 7 aliphatic rings. The van der Waals surface area contributed by atoms with Crippen LogP contribution in [0.25, 0.3) is 0 Å². The Morgan fingerprint density at radius 1 is 0.889 bits per heavy atom. The van der Waals surface area contributed by atoms with Crippen LogP contribution < -0.4 is 0 Å². The number of fused-ring (bicyclic) bond motifs is 2. The van der Waals surface area contributed by atoms with Crippen molar-refractivity contribution in [2.45, 2.75) is 204 Å². The van der Waals surface area contributed by atoms with Crippen molar-refractivity contribution < 1.29 is 72.6 Å². The van der Waals surface area contributed by atoms with Crippen LogP contribution in [0.5, 0.6) is 0 Å². The zero-order valence-electron chi connectivity index (χ0n) is 38.8. The Hall–Kier alpha value is -2.09. The summed E-state index contributed by atoms with van der Waals surface area (Å²) in [5.74, 6) is -3.19. The van der Waals surface area contributed by atoms with E-state index in [0.717, 1.165) is 12.0 Å². The highest BCUT2D eigenvalue weighted by Crippen LogP contribution is 2.48. The summed E-state index contributed by atoms with van der Waals surface area (Å²) in [5.41, 5.74) is 0.0234. The van der Waals surface area contributed by atoms with Crippen LogP contribution in [0.1, 0.15) is 100 Å². The average Bonchev–Trinajstić information content (AvgIpc) is 3.59. The molecule has 5 fully saturated rings. The third-order valence-electron chi connectivity index (χ3n) is 15.0. The molecule has 63 heavy (non-hydrogen) atoms. The second-order valence-corrected chi connectivity index (χ2v) is 19.5. The van der Waals surface area contributed by atoms with Crippen LogP contribution in [0.3, 0.4) is 0 Å². The highest BCUT2D eigenvalue weighted by atomic mass is 16.7. The molecule has 6 heterocycles. The number of aliphatic hydroxyl groups is 4. The first-order valence-electron chi connectivity index (χ1n) is 23.3. The highest BCUT2D eigenvalue weighted by molar-refractivity contribution is 5.78. The van der Waals surface area contributed by atoms with Crippen LogP contribution in [0, 0.1) is 23.7 Å². The molecule has 15 heteroatoms. The minimum atomic E-state index is -1.87. The van der Waals surface area contributed by atoms with Gasteiger partial charge >= 0.3 is 5.97 Å². The van der Waals surface area contributed by atoms with Gasteiger partial charge in [0.05, 0.1) is 55.4 Å². The molecule has 2 bridgehead atoms. The van der Waals surface area contributed by atoms with Gasteiger partial charge in [0.25, 0.3) is 0 Å². The van der Waals surface area contributed by atoms with Crippen molar-refractivity contribution in [3.05, 3.63) is 47.1 Å². The number of hydrogen-bond acceptors (Lipinski definition) is 15. The summed E-state index contributed by atoms with van der Waals surface area (Å²) < 4.78 is 63.6. The van der Waals surface area contributed by atoms with Crippen LogP contribution in [0.15, 0.2) is 47.1 Å². The fraction of sp³-hybridized carbons (Fsp3) is 0.812. The maximum Gasteiger partial charge on any atom is 0.316 e. The highest BCUT2D eigenvalue weighted by Gasteiger charge is 2.60. The second kappa shape index (κ2) is 20.0. The summed E-state index contributed by atoms with van der Waals surface area (Å²) in [6.07, 6.45) is 3.00. The maximum atomic E-state index is 14.4. The minimum Gasteiger partial charge on any atom is -0.462 e. The molecular weight excluding hydrogens is 817 g/mol. The van der Waals surface area contributed by atoms with Gasteiger partial charge in [-0.2, -0.15) is 0 Å². The lowest BCUT2D eigenvalue weighted by Crippen LogP contribution is -2.60. The smallest absolute Gasteiger partial charge is 0.316 e. The van der Waals surface area contributed by atoms with Crippen LogP contribution in [-0.4, -0.2) is 151 Å². The van der Waals surface area contributed by atoms with E-state index < -0.39 is 109 Å². The van der Waals surface area contributed by atoms with Crippen LogP contribution in [-0.2, 0) is 52.2 Å². The molecule has 15 nitrogen and oxygen atoms in total. The molecule has 0 aromatic carbocycles. The SMILES string of the molecule is CC[C@H](C)[C@H]1O[C@@]2(C[C@@H]3C[C@@H](C/C=C(/C)[C@@H](O[C@H]4C[C@H](OC)[C@@H](O[C@H]5C[C@H](OC)[C@@H](O)[C@H](C)O5)[C@H](C)O4)[C@@H](C)/C=C/C=C4/CO[C@@H]5[C@H](O)C(C)=C[C@H](C(=O)O3)[C@]45O)O2)C[C@H](O)[C@@H]1C. The topological polar surface area (TPSA) is 190 Å². The predicted molar refractivity (Wildman–Crippen MR) is 229 cm³/mol. The molecule has 0 unspecified atom stereocenters. The number of carbonyl (C=O) groups excluding carboxylic acids is 1. The summed E-state index contributed by atoms with van der Waals surface area (Å²) in [6, 6.07) is 0. The first-order chi connectivity index (χ1) is 29.9. The summed E-state index contributed by atoms with van der Waals surface area (Å²) in [6.45, 7) is 15.7. The molecule has 0 amide bonds. The van der Waals surface area contributed by atoms with Crippen LogP contribution in [0.4, 0.5) is 0 Å². The quantitative estimate of drug-likeness (QED) is 0.196. The molecule has 4 N–H and O–H groups in total. The molecule has 21 atom stereocenters. The van der Waals surface area contributed by atoms with Crippen molar-refractivity contribution in [1.29, 1.82) is 0 Å². The number of allylic oxidation sites excluding steroid dienone is 2. The van der Waals surface area contributed by atoms with E-state index >= 15 is 0 Å². The molecule has 6 aliphatic heterocycles. The Morgan fingerprint density at radius 2 is 1.59 bits per heavy atom. The van der Waals surface area contributed by atoms with Crippen molar-refractivity contribution in [3.8, 4) is 0 Å². The van der Waals surface area contributed by atoms with Crippen molar-refractivity contribution in [2.75, 3.05) is 20.8 Å². The molecule has 0 aromatic heterocycles. The number of rotatable bonds is 8. The first kappa shape index (κ1) is 48.8. The van der Waals surface area contributed by atoms with Gasteiger partial charge in [-0.1, -0.05) is 64.5 Å². The van der Waals surface area contributed by atoms with E-state index in [1.165, 1.54) is 0 Å². The number of hydrogen-bond donors (Lipinski definition) is 4. The van der Waals surface area contributed by atoms with Gasteiger partial charge in [0.15, 0.2) is 18.4 Å². The van der Waals surface area contributed by atoms with Crippen molar-refractivity contribution >= 4 is 5.97 Å². The van der Waals surface area contributed by atoms with Gasteiger partial charge in [-0.3, -0.25) is 4.79 Å². The third kappa shape index (κ3) is 9.98. The summed E-state index contributed by atoms with van der Waals surface area (Å²) in [4.78, 5) is 14.4. The fourth-order valence-corrected chi connectivity index (χ4v) is 11.0. The van der Waals surface area contributed by atoms with Crippen molar-refractivity contribution in [2.24, 2.45) is 23.7 Å². The largest absolute Gasteiger partial charge is 0.462 e.